The van der Waals surface area contributed by atoms with Crippen molar-refractivity contribution in [1.29, 1.82) is 0 Å². The number of hydrogen-bond acceptors (Lipinski definition) is 24. The van der Waals surface area contributed by atoms with Crippen LogP contribution in [0.2, 0.25) is 0 Å². The largest absolute Gasteiger partial charge is 1.00 e. The molecule has 36 heteroatoms. The number of ketones is 3. The minimum atomic E-state index is -5.55. The maximum absolute atomic E-state index is 13.2. The Balaban J connectivity index is 0.000000363. The summed E-state index contributed by atoms with van der Waals surface area (Å²) in [6.07, 6.45) is 22.8. The molecule has 7 aliphatic heterocycles. The Kier molecular flexibility index (Phi) is 52.1. The normalized spacial score (nSPS) is 17.1. The van der Waals surface area contributed by atoms with Gasteiger partial charge in [-0.2, -0.15) is 30.4 Å². The molecule has 4 fully saturated rings. The summed E-state index contributed by atoms with van der Waals surface area (Å²) < 4.78 is 128. The van der Waals surface area contributed by atoms with Crippen molar-refractivity contribution < 1.29 is 251 Å². The summed E-state index contributed by atoms with van der Waals surface area (Å²) in [5.74, 6) is 1.28. The van der Waals surface area contributed by atoms with Gasteiger partial charge in [-0.1, -0.05) is 42.5 Å². The third-order valence-electron chi connectivity index (χ3n) is 16.9. The van der Waals surface area contributed by atoms with Crippen molar-refractivity contribution in [2.24, 2.45) is 0 Å². The molecule has 623 valence electrons. The predicted molar refractivity (Wildman–Crippen MR) is 425 cm³/mol. The van der Waals surface area contributed by atoms with Gasteiger partial charge in [-0.05, 0) is 199 Å². The van der Waals surface area contributed by atoms with Gasteiger partial charge in [-0.15, -0.1) is 8.58 Å². The number of Topliss-reactive ketones (excluding diaryl/α,β-unsaturated/α-hetero) is 1. The van der Waals surface area contributed by atoms with Crippen molar-refractivity contribution in [3.05, 3.63) is 234 Å². The quantitative estimate of drug-likeness (QED) is 0.00873. The number of para-hydroxylation sites is 4. The topological polar surface area (TPSA) is 354 Å². The molecule has 0 amide bonds. The number of nitrogens with one attached hydrogen (secondary N) is 2. The molecule has 0 aliphatic carbocycles. The Morgan fingerprint density at radius 2 is 1.12 bits per heavy atom. The van der Waals surface area contributed by atoms with E-state index in [0.717, 1.165) is 139 Å². The smallest absolute Gasteiger partial charge is 1.00 e. The summed E-state index contributed by atoms with van der Waals surface area (Å²) in [4.78, 5) is 72.9. The van der Waals surface area contributed by atoms with E-state index in [0.29, 0.717) is 91.6 Å². The van der Waals surface area contributed by atoms with Gasteiger partial charge in [0.25, 0.3) is 6.47 Å². The van der Waals surface area contributed by atoms with E-state index in [2.05, 4.69) is 57.3 Å². The third kappa shape index (κ3) is 37.8. The van der Waals surface area contributed by atoms with E-state index in [1.807, 2.05) is 72.8 Å². The Labute approximate surface area is 805 Å². The van der Waals surface area contributed by atoms with Gasteiger partial charge in [-0.25, -0.2) is 24.9 Å². The summed E-state index contributed by atoms with van der Waals surface area (Å²) in [5.41, 5.74) is 2.06. The summed E-state index contributed by atoms with van der Waals surface area (Å²) >= 11 is 0. The number of phenolic OH excluding ortho intramolecular Hbond substituents is 1. The van der Waals surface area contributed by atoms with Crippen LogP contribution < -0.4 is 148 Å². The number of aliphatic hydroxyl groups excluding tert-OH is 1. The van der Waals surface area contributed by atoms with Gasteiger partial charge in [0, 0.05) is 99.5 Å². The van der Waals surface area contributed by atoms with Gasteiger partial charge in [-0.3, -0.25) is 19.2 Å². The molecule has 0 saturated carbocycles. The predicted octanol–water partition coefficient (Wildman–Crippen LogP) is 7.60. The van der Waals surface area contributed by atoms with Crippen LogP contribution in [0, 0.1) is 11.9 Å². The van der Waals surface area contributed by atoms with Gasteiger partial charge in [0.1, 0.15) is 30.5 Å². The number of ether oxygens (including phenoxy) is 8. The minimum Gasteiger partial charge on any atom is -1.00 e. The Hall–Kier alpha value is -5.95. The molecule has 4 saturated heterocycles. The number of pyridine rings is 3. The number of aromatic nitrogens is 7. The van der Waals surface area contributed by atoms with Crippen LogP contribution in [0.4, 0.5) is 22.0 Å². The molecule has 4 aromatic carbocycles. The summed E-state index contributed by atoms with van der Waals surface area (Å²) in [6, 6.07) is 39.2. The second-order valence-electron chi connectivity index (χ2n) is 25.7. The fraction of sp³-hybridized carbons (Fsp3) is 0.378. The van der Waals surface area contributed by atoms with E-state index >= 15 is 0 Å². The molecule has 0 spiro atoms. The molecule has 12 heterocycles. The van der Waals surface area contributed by atoms with Crippen LogP contribution in [-0.2, 0) is 61.9 Å². The molecule has 26 nitrogen and oxygen atoms in total. The molecule has 7 aliphatic rings. The number of carbonyl (C=O) groups is 4. The van der Waals surface area contributed by atoms with E-state index in [9.17, 15) is 49.9 Å². The molecule has 9 aromatic rings. The first-order chi connectivity index (χ1) is 55.7. The second kappa shape index (κ2) is 58.9. The van der Waals surface area contributed by atoms with E-state index in [1.165, 1.54) is 43.4 Å². The minimum absolute atomic E-state index is 0. The van der Waals surface area contributed by atoms with Crippen molar-refractivity contribution in [1.82, 2.24) is 34.9 Å². The maximum Gasteiger partial charge on any atom is 1.00 e. The fourth-order valence-electron chi connectivity index (χ4n) is 11.3. The number of hydrogen-bond donors (Lipinski definition) is 4. The second-order valence-corrected chi connectivity index (χ2v) is 28.2. The van der Waals surface area contributed by atoms with E-state index < -0.39 is 21.6 Å². The number of benzene rings is 4. The molecular formula is C82H95BCs2F5N7O19PS. The van der Waals surface area contributed by atoms with Crippen LogP contribution in [0.1, 0.15) is 139 Å². The number of alkyl halides is 3. The van der Waals surface area contributed by atoms with Crippen LogP contribution in [-0.4, -0.2) is 197 Å². The standard InChI is InChI=1S/C24H21N3O3.C14H10N2O2.C10H12FNO.C10H10FNO.C6H7F3O4S.C5H10O2.C5H8O2.C5H8O.C2H7P.CH2O3.B.2Cs.H/c28-22(23-26-20-7-1-2-8-21(20)27-23)16-9-11-18(12-10-16)30-24-19(6-3-13-25-24)17-5-4-14-29-15-17;17-10-7-5-9(6-8-10)13(18)14-15-11-3-1-2-4-12(11)16-14;2*11-10-9(4-1-5-12-10)8-3-2-6-13-7-8;7-6(8,9)14(10,11)13-5-2-1-3-12-4-5;2*6-5-2-1-3-7-4-5;1-2-4-6-5-3-1;1-3-2;2-1-4-3;;;;/h1-3,6-13,17H,4-5,14-15H2,(H,26,27);1-8,17H,(H,15,16);1,4-5,8H,2-3,6-7H2;1,3-5H,2,6-7H2;2H,1,3-4H2;5-6H,1-4H2;1-4H2;2,4H,1,3,5H2;3H,1-2H3;1,3H;;;;/q;;;;;;;;;;;2*+1;-1/p-1. The van der Waals surface area contributed by atoms with Crippen LogP contribution in [0.3, 0.4) is 0 Å². The number of H-pyrrole nitrogens is 2. The Bertz CT molecular complexity index is 4560. The zero-order valence-electron chi connectivity index (χ0n) is 67.2. The number of allylic oxidation sites excluding steroid dienone is 1. The zero-order valence-corrected chi connectivity index (χ0v) is 80.6. The van der Waals surface area contributed by atoms with E-state index in [1.54, 1.807) is 73.1 Å². The molecule has 4 N–H and O–H groups in total. The van der Waals surface area contributed by atoms with Crippen LogP contribution in [0.15, 0.2) is 182 Å². The van der Waals surface area contributed by atoms with E-state index in [-0.39, 0.29) is 213 Å². The number of phenols is 1. The number of carbonyl (C=O) groups excluding carboxylic acids is 4. The molecule has 3 unspecified atom stereocenters. The Morgan fingerprint density at radius 3 is 1.53 bits per heavy atom. The van der Waals surface area contributed by atoms with Gasteiger partial charge in [0.05, 0.1) is 80.7 Å². The van der Waals surface area contributed by atoms with Crippen LogP contribution in [0.25, 0.3) is 27.6 Å². The number of aliphatic hydroxyl groups is 1. The van der Waals surface area contributed by atoms with E-state index in [4.69, 9.17) is 53.1 Å². The summed E-state index contributed by atoms with van der Waals surface area (Å²) in [5, 5.41) is 26.4. The fourth-order valence-corrected chi connectivity index (χ4v) is 11.8. The number of nitrogens with zero attached hydrogens (tertiary/aromatic N) is 5. The summed E-state index contributed by atoms with van der Waals surface area (Å²) in [6.45, 7) is 11.8. The third-order valence-corrected chi connectivity index (χ3v) is 17.9. The van der Waals surface area contributed by atoms with Crippen molar-refractivity contribution in [3.8, 4) is 17.4 Å². The average Bonchev–Trinajstić information content (AvgIpc) is 1.72. The first-order valence-corrected chi connectivity index (χ1v) is 40.5. The molecule has 3 radical (unpaired) electrons. The molecule has 16 rings (SSSR count). The number of aromatic amines is 2. The van der Waals surface area contributed by atoms with Crippen LogP contribution in [0.5, 0.6) is 17.4 Å². The molecular weight excluding hydrogens is 1820 g/mol. The van der Waals surface area contributed by atoms with Gasteiger partial charge >= 0.3 is 153 Å². The van der Waals surface area contributed by atoms with Crippen molar-refractivity contribution in [3.63, 3.8) is 0 Å². The molecule has 3 atom stereocenters. The number of aromatic hydroxyl groups is 1. The van der Waals surface area contributed by atoms with Gasteiger partial charge in [0.15, 0.2) is 17.4 Å². The zero-order chi connectivity index (χ0) is 82.5. The van der Waals surface area contributed by atoms with Crippen molar-refractivity contribution >= 4 is 78.6 Å². The molecule has 118 heavy (non-hydrogen) atoms. The number of rotatable bonds is 12. The SMILES string of the molecule is C1=COCCC1.CPC.Fc1ncccc1C1=CCCOC1.Fc1ncccc1C1CCCOC1.O=C(c1ccc(O)cc1)c1nc2ccccc2[nH]1.O=C(c1ccc(Oc2ncccc2C2CCCOC2)cc1)c1nc2ccccc2[nH]1.O=C1CCCOC1.O=CO[O-].O=S(=O)(OC1=CCCOC1)C(F)(F)F.OC1CCCOC1.[B].[Cs+].[Cs+].[H-]. The van der Waals surface area contributed by atoms with Gasteiger partial charge < -0.3 is 73.8 Å². The average molecular weight is 1920 g/mol. The molecule has 0 bridgehead atoms. The maximum atomic E-state index is 13.2. The monoisotopic (exact) mass is 1920 g/mol. The number of imidazole rings is 2. The van der Waals surface area contributed by atoms with Crippen LogP contribution >= 0.6 is 8.58 Å². The van der Waals surface area contributed by atoms with Crippen molar-refractivity contribution in [2.75, 3.05) is 99.2 Å². The first-order valence-electron chi connectivity index (χ1n) is 37.1. The van der Waals surface area contributed by atoms with Crippen molar-refractivity contribution in [2.45, 2.75) is 100 Å². The van der Waals surface area contributed by atoms with Gasteiger partial charge in [0.2, 0.25) is 29.3 Å². The number of fused-ring (bicyclic) bond motifs is 2. The Morgan fingerprint density at radius 1 is 0.610 bits per heavy atom. The molecule has 5 aromatic heterocycles. The first kappa shape index (κ1) is 104. The number of halogens is 5. The summed E-state index contributed by atoms with van der Waals surface area (Å²) in [7, 11) is -4.46.